The SMILES string of the molecule is CC(C)C1(O)CN(Cc2cccc(C#N)c2F)C1. The Bertz CT molecular complexity index is 487. The Labute approximate surface area is 106 Å². The van der Waals surface area contributed by atoms with Crippen LogP contribution in [-0.2, 0) is 6.54 Å². The molecule has 0 atom stereocenters. The zero-order valence-corrected chi connectivity index (χ0v) is 10.7. The normalized spacial score (nSPS) is 18.4. The predicted molar refractivity (Wildman–Crippen MR) is 66.2 cm³/mol. The Hall–Kier alpha value is -1.44. The lowest BCUT2D eigenvalue weighted by atomic mass is 9.83. The van der Waals surface area contributed by atoms with Crippen LogP contribution in [-0.4, -0.2) is 28.7 Å². The lowest BCUT2D eigenvalue weighted by molar-refractivity contribution is -0.131. The van der Waals surface area contributed by atoms with Crippen LogP contribution in [0.3, 0.4) is 0 Å². The minimum absolute atomic E-state index is 0.0761. The number of rotatable bonds is 3. The molecule has 1 N–H and O–H groups in total. The third-order valence-corrected chi connectivity index (χ3v) is 3.66. The molecule has 96 valence electrons. The van der Waals surface area contributed by atoms with Crippen LogP contribution in [0.1, 0.15) is 25.0 Å². The number of nitriles is 1. The summed E-state index contributed by atoms with van der Waals surface area (Å²) in [6, 6.07) is 6.68. The van der Waals surface area contributed by atoms with Gasteiger partial charge in [0.2, 0.25) is 0 Å². The highest BCUT2D eigenvalue weighted by atomic mass is 19.1. The van der Waals surface area contributed by atoms with Gasteiger partial charge in [-0.05, 0) is 12.0 Å². The van der Waals surface area contributed by atoms with Crippen LogP contribution < -0.4 is 0 Å². The van der Waals surface area contributed by atoms with E-state index in [-0.39, 0.29) is 11.5 Å². The van der Waals surface area contributed by atoms with Crippen molar-refractivity contribution in [2.24, 2.45) is 5.92 Å². The zero-order chi connectivity index (χ0) is 13.3. The van der Waals surface area contributed by atoms with Crippen LogP contribution in [0.25, 0.3) is 0 Å². The van der Waals surface area contributed by atoms with Gasteiger partial charge in [-0.2, -0.15) is 5.26 Å². The van der Waals surface area contributed by atoms with E-state index < -0.39 is 11.4 Å². The van der Waals surface area contributed by atoms with E-state index in [1.165, 1.54) is 6.07 Å². The van der Waals surface area contributed by atoms with Crippen LogP contribution >= 0.6 is 0 Å². The molecule has 1 aromatic rings. The lowest BCUT2D eigenvalue weighted by Crippen LogP contribution is -2.63. The Morgan fingerprint density at radius 3 is 2.72 bits per heavy atom. The molecule has 2 rings (SSSR count). The molecule has 1 aliphatic rings. The van der Waals surface area contributed by atoms with Gasteiger partial charge < -0.3 is 5.11 Å². The van der Waals surface area contributed by atoms with Gasteiger partial charge in [-0.25, -0.2) is 4.39 Å². The summed E-state index contributed by atoms with van der Waals surface area (Å²) in [4.78, 5) is 1.99. The summed E-state index contributed by atoms with van der Waals surface area (Å²) < 4.78 is 13.8. The molecular weight excluding hydrogens is 231 g/mol. The number of benzene rings is 1. The van der Waals surface area contributed by atoms with Crippen molar-refractivity contribution >= 4 is 0 Å². The van der Waals surface area contributed by atoms with Gasteiger partial charge in [-0.15, -0.1) is 0 Å². The van der Waals surface area contributed by atoms with Gasteiger partial charge in [-0.1, -0.05) is 26.0 Å². The largest absolute Gasteiger partial charge is 0.387 e. The predicted octanol–water partition coefficient (Wildman–Crippen LogP) is 1.90. The molecule has 0 saturated carbocycles. The Kier molecular flexibility index (Phi) is 3.38. The molecule has 1 heterocycles. The van der Waals surface area contributed by atoms with Gasteiger partial charge in [0.25, 0.3) is 0 Å². The fourth-order valence-electron chi connectivity index (χ4n) is 2.23. The summed E-state index contributed by atoms with van der Waals surface area (Å²) in [6.45, 7) is 5.51. The molecule has 0 bridgehead atoms. The smallest absolute Gasteiger partial charge is 0.145 e. The summed E-state index contributed by atoms with van der Waals surface area (Å²) in [6.07, 6.45) is 0. The molecule has 1 aliphatic heterocycles. The fraction of sp³-hybridized carbons (Fsp3) is 0.500. The van der Waals surface area contributed by atoms with Gasteiger partial charge in [0, 0.05) is 25.2 Å². The van der Waals surface area contributed by atoms with E-state index in [9.17, 15) is 9.50 Å². The van der Waals surface area contributed by atoms with Gasteiger partial charge in [-0.3, -0.25) is 4.90 Å². The maximum absolute atomic E-state index is 13.8. The van der Waals surface area contributed by atoms with E-state index in [4.69, 9.17) is 5.26 Å². The summed E-state index contributed by atoms with van der Waals surface area (Å²) >= 11 is 0. The van der Waals surface area contributed by atoms with Crippen molar-refractivity contribution in [3.8, 4) is 6.07 Å². The highest BCUT2D eigenvalue weighted by molar-refractivity contribution is 5.35. The minimum atomic E-state index is -0.649. The third-order valence-electron chi connectivity index (χ3n) is 3.66. The first-order valence-corrected chi connectivity index (χ1v) is 6.08. The number of aliphatic hydroxyl groups is 1. The summed E-state index contributed by atoms with van der Waals surface area (Å²) in [5.41, 5.74) is -0.0597. The van der Waals surface area contributed by atoms with Crippen LogP contribution in [0.2, 0.25) is 0 Å². The van der Waals surface area contributed by atoms with Gasteiger partial charge in [0.15, 0.2) is 0 Å². The van der Waals surface area contributed by atoms with Crippen LogP contribution in [0, 0.1) is 23.1 Å². The topological polar surface area (TPSA) is 47.3 Å². The zero-order valence-electron chi connectivity index (χ0n) is 10.7. The van der Waals surface area contributed by atoms with E-state index in [0.29, 0.717) is 25.2 Å². The quantitative estimate of drug-likeness (QED) is 0.888. The average Bonchev–Trinajstić information content (AvgIpc) is 2.29. The number of hydrogen-bond acceptors (Lipinski definition) is 3. The number of hydrogen-bond donors (Lipinski definition) is 1. The maximum Gasteiger partial charge on any atom is 0.145 e. The molecule has 18 heavy (non-hydrogen) atoms. The summed E-state index contributed by atoms with van der Waals surface area (Å²) in [7, 11) is 0. The van der Waals surface area contributed by atoms with Crippen molar-refractivity contribution in [2.75, 3.05) is 13.1 Å². The van der Waals surface area contributed by atoms with Crippen molar-refractivity contribution in [1.82, 2.24) is 4.90 Å². The number of β-amino-alcohol motifs (C(OH)–C–C–N with tert-alkyl or cyclic N) is 1. The second-order valence-corrected chi connectivity index (χ2v) is 5.29. The first kappa shape index (κ1) is 13.0. The summed E-state index contributed by atoms with van der Waals surface area (Å²) in [5.74, 6) is -0.246. The van der Waals surface area contributed by atoms with E-state index >= 15 is 0 Å². The fourth-order valence-corrected chi connectivity index (χ4v) is 2.23. The molecule has 1 fully saturated rings. The van der Waals surface area contributed by atoms with E-state index in [1.807, 2.05) is 24.8 Å². The molecule has 0 spiro atoms. The molecular formula is C14H17FN2O. The standard InChI is InChI=1S/C14H17FN2O/c1-10(2)14(18)8-17(9-14)7-12-5-3-4-11(6-16)13(12)15/h3-5,10,18H,7-9H2,1-2H3. The first-order chi connectivity index (χ1) is 8.46. The van der Waals surface area contributed by atoms with E-state index in [1.54, 1.807) is 12.1 Å². The first-order valence-electron chi connectivity index (χ1n) is 6.08. The molecule has 0 aliphatic carbocycles. The Morgan fingerprint density at radius 1 is 1.50 bits per heavy atom. The van der Waals surface area contributed by atoms with Crippen molar-refractivity contribution in [2.45, 2.75) is 26.0 Å². The van der Waals surface area contributed by atoms with Crippen LogP contribution in [0.4, 0.5) is 4.39 Å². The van der Waals surface area contributed by atoms with Crippen molar-refractivity contribution in [1.29, 1.82) is 5.26 Å². The highest BCUT2D eigenvalue weighted by Crippen LogP contribution is 2.30. The van der Waals surface area contributed by atoms with Crippen molar-refractivity contribution in [3.05, 3.63) is 35.1 Å². The number of nitrogens with zero attached hydrogens (tertiary/aromatic N) is 2. The summed E-state index contributed by atoms with van der Waals surface area (Å²) in [5, 5.41) is 18.9. The van der Waals surface area contributed by atoms with Crippen molar-refractivity contribution < 1.29 is 9.50 Å². The second-order valence-electron chi connectivity index (χ2n) is 5.29. The number of likely N-dealkylation sites (tertiary alicyclic amines) is 1. The molecule has 3 nitrogen and oxygen atoms in total. The molecule has 0 radical (unpaired) electrons. The van der Waals surface area contributed by atoms with E-state index in [2.05, 4.69) is 0 Å². The van der Waals surface area contributed by atoms with Gasteiger partial charge in [0.05, 0.1) is 11.2 Å². The van der Waals surface area contributed by atoms with E-state index in [0.717, 1.165) is 0 Å². The molecule has 4 heteroatoms. The van der Waals surface area contributed by atoms with Gasteiger partial charge in [0.1, 0.15) is 11.9 Å². The molecule has 0 amide bonds. The Balaban J connectivity index is 2.03. The highest BCUT2D eigenvalue weighted by Gasteiger charge is 2.43. The van der Waals surface area contributed by atoms with Gasteiger partial charge >= 0.3 is 0 Å². The van der Waals surface area contributed by atoms with Crippen molar-refractivity contribution in [3.63, 3.8) is 0 Å². The Morgan fingerprint density at radius 2 is 2.17 bits per heavy atom. The molecule has 1 aromatic carbocycles. The number of halogens is 1. The van der Waals surface area contributed by atoms with Crippen LogP contribution in [0.5, 0.6) is 0 Å². The second kappa shape index (κ2) is 4.68. The lowest BCUT2D eigenvalue weighted by Gasteiger charge is -2.49. The molecule has 0 aromatic heterocycles. The maximum atomic E-state index is 13.8. The molecule has 0 unspecified atom stereocenters. The monoisotopic (exact) mass is 248 g/mol. The third kappa shape index (κ3) is 2.24. The molecule has 1 saturated heterocycles. The minimum Gasteiger partial charge on any atom is -0.387 e. The van der Waals surface area contributed by atoms with Crippen LogP contribution in [0.15, 0.2) is 18.2 Å². The average molecular weight is 248 g/mol.